The third-order valence-electron chi connectivity index (χ3n) is 1.68. The van der Waals surface area contributed by atoms with E-state index in [1.807, 2.05) is 0 Å². The Morgan fingerprint density at radius 2 is 2.00 bits per heavy atom. The van der Waals surface area contributed by atoms with E-state index < -0.39 is 11.3 Å². The van der Waals surface area contributed by atoms with Crippen LogP contribution in [-0.2, 0) is 0 Å². The van der Waals surface area contributed by atoms with Gasteiger partial charge in [-0.2, -0.15) is 0 Å². The van der Waals surface area contributed by atoms with Crippen LogP contribution in [-0.4, -0.2) is 11.3 Å². The van der Waals surface area contributed by atoms with Gasteiger partial charge in [-0.3, -0.25) is 0 Å². The van der Waals surface area contributed by atoms with E-state index in [1.165, 1.54) is 0 Å². The van der Waals surface area contributed by atoms with Gasteiger partial charge in [-0.1, -0.05) is 6.42 Å². The molecule has 0 radical (unpaired) electrons. The predicted octanol–water partition coefficient (Wildman–Crippen LogP) is 2.80. The summed E-state index contributed by atoms with van der Waals surface area (Å²) in [5.74, 6) is -2.60. The molecule has 0 amide bonds. The summed E-state index contributed by atoms with van der Waals surface area (Å²) < 4.78 is 24.9. The van der Waals surface area contributed by atoms with E-state index in [1.54, 1.807) is 0 Å². The average molecular weight is 155 g/mol. The van der Waals surface area contributed by atoms with Crippen LogP contribution in [0.15, 0.2) is 0 Å². The summed E-state index contributed by atoms with van der Waals surface area (Å²) >= 11 is 5.36. The van der Waals surface area contributed by atoms with E-state index in [-0.39, 0.29) is 6.42 Å². The molecule has 0 unspecified atom stereocenters. The lowest BCUT2D eigenvalue weighted by molar-refractivity contribution is -0.0293. The molecule has 0 bridgehead atoms. The van der Waals surface area contributed by atoms with Crippen molar-refractivity contribution in [3.8, 4) is 0 Å². The molecule has 3 heteroatoms. The second kappa shape index (κ2) is 2.41. The minimum absolute atomic E-state index is 0.0266. The summed E-state index contributed by atoms with van der Waals surface area (Å²) in [4.78, 5) is 0. The van der Waals surface area contributed by atoms with Crippen molar-refractivity contribution in [3.05, 3.63) is 0 Å². The standard InChI is InChI=1S/C6H9ClF2/c7-5-3-1-2-4-6(5,8)9/h5H,1-4H2/t5-/m1/s1. The van der Waals surface area contributed by atoms with Gasteiger partial charge in [-0.25, -0.2) is 8.78 Å². The van der Waals surface area contributed by atoms with Crippen LogP contribution < -0.4 is 0 Å². The van der Waals surface area contributed by atoms with Crippen molar-refractivity contribution >= 4 is 11.6 Å². The number of rotatable bonds is 0. The van der Waals surface area contributed by atoms with Crippen LogP contribution >= 0.6 is 11.6 Å². The first-order valence-corrected chi connectivity index (χ1v) is 3.58. The molecule has 1 aliphatic carbocycles. The zero-order valence-corrected chi connectivity index (χ0v) is 5.80. The number of alkyl halides is 3. The van der Waals surface area contributed by atoms with E-state index in [9.17, 15) is 8.78 Å². The smallest absolute Gasteiger partial charge is 0.205 e. The molecule has 1 saturated carbocycles. The fourth-order valence-electron chi connectivity index (χ4n) is 1.05. The number of halogens is 3. The SMILES string of the molecule is FC1(F)CCCC[C@H]1Cl. The molecule has 0 spiro atoms. The molecule has 1 fully saturated rings. The largest absolute Gasteiger partial charge is 0.264 e. The minimum Gasteiger partial charge on any atom is -0.205 e. The monoisotopic (exact) mass is 154 g/mol. The summed E-state index contributed by atoms with van der Waals surface area (Å²) in [5, 5.41) is -0.911. The molecule has 0 N–H and O–H groups in total. The van der Waals surface area contributed by atoms with Gasteiger partial charge in [-0.15, -0.1) is 11.6 Å². The molecule has 0 aromatic carbocycles. The molecular formula is C6H9ClF2. The minimum atomic E-state index is -2.60. The van der Waals surface area contributed by atoms with Crippen LogP contribution in [0.1, 0.15) is 25.7 Å². The van der Waals surface area contributed by atoms with E-state index in [0.717, 1.165) is 6.42 Å². The van der Waals surface area contributed by atoms with Crippen molar-refractivity contribution in [2.75, 3.05) is 0 Å². The van der Waals surface area contributed by atoms with Gasteiger partial charge in [0.2, 0.25) is 0 Å². The Morgan fingerprint density at radius 3 is 2.33 bits per heavy atom. The summed E-state index contributed by atoms with van der Waals surface area (Å²) in [7, 11) is 0. The normalized spacial score (nSPS) is 34.3. The molecule has 0 heterocycles. The molecule has 54 valence electrons. The van der Waals surface area contributed by atoms with E-state index in [2.05, 4.69) is 0 Å². The van der Waals surface area contributed by atoms with Crippen molar-refractivity contribution in [2.24, 2.45) is 0 Å². The lowest BCUT2D eigenvalue weighted by Gasteiger charge is -2.26. The molecule has 1 rings (SSSR count). The Hall–Kier alpha value is 0.150. The van der Waals surface area contributed by atoms with Gasteiger partial charge in [-0.05, 0) is 12.8 Å². The highest BCUT2D eigenvalue weighted by Crippen LogP contribution is 2.36. The quantitative estimate of drug-likeness (QED) is 0.471. The van der Waals surface area contributed by atoms with Crippen molar-refractivity contribution in [1.29, 1.82) is 0 Å². The molecule has 0 saturated heterocycles. The number of hydrogen-bond donors (Lipinski definition) is 0. The summed E-state index contributed by atoms with van der Waals surface area (Å²) in [6, 6.07) is 0. The van der Waals surface area contributed by atoms with E-state index >= 15 is 0 Å². The van der Waals surface area contributed by atoms with E-state index in [0.29, 0.717) is 12.8 Å². The van der Waals surface area contributed by atoms with Crippen molar-refractivity contribution in [1.82, 2.24) is 0 Å². The highest BCUT2D eigenvalue weighted by atomic mass is 35.5. The van der Waals surface area contributed by atoms with Crippen LogP contribution in [0.2, 0.25) is 0 Å². The van der Waals surface area contributed by atoms with Crippen LogP contribution in [0.25, 0.3) is 0 Å². The molecule has 9 heavy (non-hydrogen) atoms. The predicted molar refractivity (Wildman–Crippen MR) is 33.1 cm³/mol. The molecule has 0 aliphatic heterocycles. The Labute approximate surface area is 58.2 Å². The van der Waals surface area contributed by atoms with Gasteiger partial charge in [0.25, 0.3) is 5.92 Å². The molecule has 0 aromatic heterocycles. The van der Waals surface area contributed by atoms with E-state index in [4.69, 9.17) is 11.6 Å². The zero-order valence-electron chi connectivity index (χ0n) is 5.04. The van der Waals surface area contributed by atoms with Gasteiger partial charge >= 0.3 is 0 Å². The maximum atomic E-state index is 12.5. The van der Waals surface area contributed by atoms with Crippen molar-refractivity contribution < 1.29 is 8.78 Å². The maximum Gasteiger partial charge on any atom is 0.264 e. The second-order valence-corrected chi connectivity index (χ2v) is 3.00. The Bertz CT molecular complexity index is 103. The van der Waals surface area contributed by atoms with Crippen molar-refractivity contribution in [2.45, 2.75) is 37.0 Å². The summed E-state index contributed by atoms with van der Waals surface area (Å²) in [5.41, 5.74) is 0. The first-order valence-electron chi connectivity index (χ1n) is 3.15. The number of hydrogen-bond acceptors (Lipinski definition) is 0. The fraction of sp³-hybridized carbons (Fsp3) is 1.00. The van der Waals surface area contributed by atoms with Crippen LogP contribution in [0, 0.1) is 0 Å². The van der Waals surface area contributed by atoms with Gasteiger partial charge in [0.05, 0.1) is 5.38 Å². The van der Waals surface area contributed by atoms with Crippen LogP contribution in [0.3, 0.4) is 0 Å². The Balaban J connectivity index is 2.49. The Morgan fingerprint density at radius 1 is 1.33 bits per heavy atom. The summed E-state index contributed by atoms with van der Waals surface area (Å²) in [6.45, 7) is 0. The van der Waals surface area contributed by atoms with Crippen LogP contribution in [0.5, 0.6) is 0 Å². The molecule has 0 aromatic rings. The first-order chi connectivity index (χ1) is 4.13. The topological polar surface area (TPSA) is 0 Å². The molecule has 1 aliphatic rings. The third-order valence-corrected chi connectivity index (χ3v) is 2.21. The average Bonchev–Trinajstić information content (AvgIpc) is 1.77. The lowest BCUT2D eigenvalue weighted by Crippen LogP contribution is -2.32. The Kier molecular flexibility index (Phi) is 1.94. The van der Waals surface area contributed by atoms with Gasteiger partial charge in [0, 0.05) is 6.42 Å². The van der Waals surface area contributed by atoms with Gasteiger partial charge < -0.3 is 0 Å². The maximum absolute atomic E-state index is 12.5. The molecular weight excluding hydrogens is 146 g/mol. The molecule has 1 atom stereocenters. The highest BCUT2D eigenvalue weighted by molar-refractivity contribution is 6.21. The fourth-order valence-corrected chi connectivity index (χ4v) is 1.32. The second-order valence-electron chi connectivity index (χ2n) is 2.47. The first kappa shape index (κ1) is 7.26. The van der Waals surface area contributed by atoms with Crippen molar-refractivity contribution in [3.63, 3.8) is 0 Å². The molecule has 0 nitrogen and oxygen atoms in total. The van der Waals surface area contributed by atoms with Gasteiger partial charge in [0.1, 0.15) is 0 Å². The zero-order chi connectivity index (χ0) is 6.91. The van der Waals surface area contributed by atoms with Crippen LogP contribution in [0.4, 0.5) is 8.78 Å². The third kappa shape index (κ3) is 1.54. The lowest BCUT2D eigenvalue weighted by atomic mass is 9.96. The highest BCUT2D eigenvalue weighted by Gasteiger charge is 2.39. The summed E-state index contributed by atoms with van der Waals surface area (Å²) in [6.07, 6.45) is 1.91. The van der Waals surface area contributed by atoms with Gasteiger partial charge in [0.15, 0.2) is 0 Å².